The van der Waals surface area contributed by atoms with Crippen molar-refractivity contribution in [2.75, 3.05) is 31.5 Å². The van der Waals surface area contributed by atoms with Gasteiger partial charge < -0.3 is 14.7 Å². The lowest BCUT2D eigenvalue weighted by Crippen LogP contribution is -2.28. The number of likely N-dealkylation sites (N-methyl/N-ethyl adjacent to an activating group) is 1. The van der Waals surface area contributed by atoms with Crippen molar-refractivity contribution in [3.05, 3.63) is 30.3 Å². The highest BCUT2D eigenvalue weighted by atomic mass is 16.5. The lowest BCUT2D eigenvalue weighted by Gasteiger charge is -2.17. The molecule has 19 heavy (non-hydrogen) atoms. The summed E-state index contributed by atoms with van der Waals surface area (Å²) in [5, 5.41) is 7.10. The average molecular weight is 260 g/mol. The second-order valence-electron chi connectivity index (χ2n) is 4.24. The summed E-state index contributed by atoms with van der Waals surface area (Å²) < 4.78 is 5.22. The molecule has 2 rings (SSSR count). The van der Waals surface area contributed by atoms with Gasteiger partial charge in [0.25, 0.3) is 11.8 Å². The van der Waals surface area contributed by atoms with Gasteiger partial charge in [-0.1, -0.05) is 32.0 Å². The molecule has 0 saturated carbocycles. The molecule has 2 aromatic rings. The lowest BCUT2D eigenvalue weighted by atomic mass is 10.2. The first kappa shape index (κ1) is 13.5. The third-order valence-electron chi connectivity index (χ3n) is 3.05. The minimum Gasteiger partial charge on any atom is -0.350 e. The van der Waals surface area contributed by atoms with Gasteiger partial charge in [0.1, 0.15) is 0 Å². The first-order valence-electron chi connectivity index (χ1n) is 6.68. The number of hydrogen-bond acceptors (Lipinski definition) is 5. The molecule has 0 bridgehead atoms. The van der Waals surface area contributed by atoms with Crippen LogP contribution in [0.5, 0.6) is 0 Å². The largest absolute Gasteiger partial charge is 0.350 e. The van der Waals surface area contributed by atoms with Crippen molar-refractivity contribution in [3.63, 3.8) is 0 Å². The lowest BCUT2D eigenvalue weighted by molar-refractivity contribution is 0.315. The summed E-state index contributed by atoms with van der Waals surface area (Å²) in [6, 6.07) is 9.77. The van der Waals surface area contributed by atoms with Gasteiger partial charge in [0.15, 0.2) is 0 Å². The van der Waals surface area contributed by atoms with Crippen molar-refractivity contribution in [1.29, 1.82) is 0 Å². The van der Waals surface area contributed by atoms with Crippen LogP contribution in [0.2, 0.25) is 0 Å². The SMILES string of the molecule is CCN(CC)CCNc1noc(-c2ccccc2)n1. The van der Waals surface area contributed by atoms with Crippen LogP contribution < -0.4 is 5.32 Å². The molecule has 1 aromatic heterocycles. The number of aromatic nitrogens is 2. The summed E-state index contributed by atoms with van der Waals surface area (Å²) >= 11 is 0. The van der Waals surface area contributed by atoms with Crippen LogP contribution in [0.4, 0.5) is 5.95 Å². The Morgan fingerprint density at radius 1 is 1.16 bits per heavy atom. The van der Waals surface area contributed by atoms with E-state index in [1.807, 2.05) is 30.3 Å². The van der Waals surface area contributed by atoms with E-state index in [4.69, 9.17) is 4.52 Å². The van der Waals surface area contributed by atoms with Gasteiger partial charge in [-0.15, -0.1) is 0 Å². The summed E-state index contributed by atoms with van der Waals surface area (Å²) in [6.07, 6.45) is 0. The number of benzene rings is 1. The normalized spacial score (nSPS) is 10.9. The van der Waals surface area contributed by atoms with E-state index in [1.165, 1.54) is 0 Å². The van der Waals surface area contributed by atoms with Gasteiger partial charge in [0.05, 0.1) is 0 Å². The molecule has 1 N–H and O–H groups in total. The van der Waals surface area contributed by atoms with E-state index in [9.17, 15) is 0 Å². The highest BCUT2D eigenvalue weighted by Crippen LogP contribution is 2.17. The quantitative estimate of drug-likeness (QED) is 0.829. The fraction of sp³-hybridized carbons (Fsp3) is 0.429. The van der Waals surface area contributed by atoms with E-state index in [1.54, 1.807) is 0 Å². The van der Waals surface area contributed by atoms with Crippen molar-refractivity contribution >= 4 is 5.95 Å². The van der Waals surface area contributed by atoms with Crippen LogP contribution in [0.3, 0.4) is 0 Å². The molecule has 0 aliphatic heterocycles. The first-order valence-corrected chi connectivity index (χ1v) is 6.68. The number of anilines is 1. The van der Waals surface area contributed by atoms with Gasteiger partial charge in [0.2, 0.25) is 0 Å². The molecule has 0 amide bonds. The van der Waals surface area contributed by atoms with Gasteiger partial charge in [-0.2, -0.15) is 4.98 Å². The van der Waals surface area contributed by atoms with E-state index in [2.05, 4.69) is 34.2 Å². The number of nitrogens with one attached hydrogen (secondary N) is 1. The van der Waals surface area contributed by atoms with Crippen LogP contribution >= 0.6 is 0 Å². The third kappa shape index (κ3) is 3.79. The fourth-order valence-corrected chi connectivity index (χ4v) is 1.86. The molecule has 0 saturated heterocycles. The molecule has 0 aliphatic rings. The Kier molecular flexibility index (Phi) is 4.92. The van der Waals surface area contributed by atoms with E-state index in [-0.39, 0.29) is 0 Å². The predicted molar refractivity (Wildman–Crippen MR) is 76.0 cm³/mol. The van der Waals surface area contributed by atoms with E-state index >= 15 is 0 Å². The molecule has 1 aromatic carbocycles. The van der Waals surface area contributed by atoms with Crippen LogP contribution in [0.25, 0.3) is 11.5 Å². The molecule has 1 heterocycles. The standard InChI is InChI=1S/C14H20N4O/c1-3-18(4-2)11-10-15-14-16-13(19-17-14)12-8-6-5-7-9-12/h5-9H,3-4,10-11H2,1-2H3,(H,15,17). The highest BCUT2D eigenvalue weighted by molar-refractivity contribution is 5.53. The second kappa shape index (κ2) is 6.89. The Bertz CT molecular complexity index is 479. The maximum atomic E-state index is 5.22. The molecule has 5 nitrogen and oxygen atoms in total. The van der Waals surface area contributed by atoms with Crippen molar-refractivity contribution < 1.29 is 4.52 Å². The number of rotatable bonds is 7. The van der Waals surface area contributed by atoms with Crippen LogP contribution in [-0.4, -0.2) is 41.2 Å². The topological polar surface area (TPSA) is 54.2 Å². The van der Waals surface area contributed by atoms with Gasteiger partial charge in [0, 0.05) is 18.7 Å². The molecular weight excluding hydrogens is 240 g/mol. The van der Waals surface area contributed by atoms with E-state index in [0.717, 1.165) is 31.7 Å². The minimum atomic E-state index is 0.547. The van der Waals surface area contributed by atoms with Crippen LogP contribution in [-0.2, 0) is 0 Å². The maximum absolute atomic E-state index is 5.22. The van der Waals surface area contributed by atoms with Crippen molar-refractivity contribution in [2.45, 2.75) is 13.8 Å². The van der Waals surface area contributed by atoms with Crippen LogP contribution in [0, 0.1) is 0 Å². The molecule has 0 aliphatic carbocycles. The summed E-state index contributed by atoms with van der Waals surface area (Å²) in [6.45, 7) is 8.22. The third-order valence-corrected chi connectivity index (χ3v) is 3.05. The van der Waals surface area contributed by atoms with Gasteiger partial charge in [-0.05, 0) is 30.4 Å². The van der Waals surface area contributed by atoms with Gasteiger partial charge >= 0.3 is 0 Å². The molecule has 0 unspecified atom stereocenters. The fourth-order valence-electron chi connectivity index (χ4n) is 1.86. The summed E-state index contributed by atoms with van der Waals surface area (Å²) in [4.78, 5) is 6.66. The molecule has 0 radical (unpaired) electrons. The summed E-state index contributed by atoms with van der Waals surface area (Å²) in [5.74, 6) is 1.09. The summed E-state index contributed by atoms with van der Waals surface area (Å²) in [5.41, 5.74) is 0.937. The zero-order valence-electron chi connectivity index (χ0n) is 11.5. The Labute approximate surface area is 113 Å². The maximum Gasteiger partial charge on any atom is 0.263 e. The smallest absolute Gasteiger partial charge is 0.263 e. The zero-order valence-corrected chi connectivity index (χ0v) is 11.5. The average Bonchev–Trinajstić information content (AvgIpc) is 2.93. The van der Waals surface area contributed by atoms with E-state index < -0.39 is 0 Å². The van der Waals surface area contributed by atoms with Crippen LogP contribution in [0.15, 0.2) is 34.9 Å². The minimum absolute atomic E-state index is 0.547. The van der Waals surface area contributed by atoms with Crippen molar-refractivity contribution in [2.24, 2.45) is 0 Å². The molecule has 0 fully saturated rings. The molecular formula is C14H20N4O. The van der Waals surface area contributed by atoms with Crippen molar-refractivity contribution in [3.8, 4) is 11.5 Å². The first-order chi connectivity index (χ1) is 9.33. The molecule has 0 atom stereocenters. The Hall–Kier alpha value is -1.88. The van der Waals surface area contributed by atoms with E-state index in [0.29, 0.717) is 11.8 Å². The number of nitrogens with zero attached hydrogens (tertiary/aromatic N) is 3. The Morgan fingerprint density at radius 3 is 2.58 bits per heavy atom. The molecule has 102 valence electrons. The zero-order chi connectivity index (χ0) is 13.5. The Morgan fingerprint density at radius 2 is 1.89 bits per heavy atom. The predicted octanol–water partition coefficient (Wildman–Crippen LogP) is 2.49. The number of hydrogen-bond donors (Lipinski definition) is 1. The summed E-state index contributed by atoms with van der Waals surface area (Å²) in [7, 11) is 0. The Balaban J connectivity index is 1.88. The second-order valence-corrected chi connectivity index (χ2v) is 4.24. The van der Waals surface area contributed by atoms with Gasteiger partial charge in [-0.25, -0.2) is 0 Å². The highest BCUT2D eigenvalue weighted by Gasteiger charge is 2.07. The van der Waals surface area contributed by atoms with Crippen LogP contribution in [0.1, 0.15) is 13.8 Å². The van der Waals surface area contributed by atoms with Gasteiger partial charge in [-0.3, -0.25) is 0 Å². The molecule has 0 spiro atoms. The monoisotopic (exact) mass is 260 g/mol. The molecule has 5 heteroatoms. The van der Waals surface area contributed by atoms with Crippen molar-refractivity contribution in [1.82, 2.24) is 15.0 Å².